The molecule has 2 aromatic rings. The highest BCUT2D eigenvalue weighted by Gasteiger charge is 2.37. The lowest BCUT2D eigenvalue weighted by Gasteiger charge is -2.31. The number of rotatable bonds is 3. The Morgan fingerprint density at radius 3 is 2.57 bits per heavy atom. The fraction of sp³-hybridized carbons (Fsp3) is 0.200. The van der Waals surface area contributed by atoms with Gasteiger partial charge in [0.25, 0.3) is 15.9 Å². The van der Waals surface area contributed by atoms with Crippen LogP contribution in [0.3, 0.4) is 0 Å². The quantitative estimate of drug-likeness (QED) is 0.799. The zero-order chi connectivity index (χ0) is 16.8. The minimum absolute atomic E-state index is 0.0391. The van der Waals surface area contributed by atoms with Crippen molar-refractivity contribution in [3.05, 3.63) is 48.3 Å². The van der Waals surface area contributed by atoms with E-state index in [4.69, 9.17) is 0 Å². The maximum atomic E-state index is 12.8. The van der Waals surface area contributed by atoms with Crippen LogP contribution in [0.25, 0.3) is 0 Å². The number of para-hydroxylation sites is 1. The maximum absolute atomic E-state index is 12.8. The summed E-state index contributed by atoms with van der Waals surface area (Å²) in [6, 6.07) is 7.35. The third kappa shape index (κ3) is 2.14. The Bertz CT molecular complexity index is 900. The van der Waals surface area contributed by atoms with E-state index in [2.05, 4.69) is 0 Å². The van der Waals surface area contributed by atoms with Gasteiger partial charge >= 0.3 is 0 Å². The number of aliphatic carboxylic acids is 1. The van der Waals surface area contributed by atoms with Crippen LogP contribution in [0.2, 0.25) is 0 Å². The van der Waals surface area contributed by atoms with Crippen molar-refractivity contribution in [2.45, 2.75) is 24.3 Å². The molecule has 1 atom stereocenters. The number of fused-ring (bicyclic) bond motifs is 2. The number of benzene rings is 1. The highest BCUT2D eigenvalue weighted by atomic mass is 32.2. The summed E-state index contributed by atoms with van der Waals surface area (Å²) in [6.45, 7) is 1.59. The van der Waals surface area contributed by atoms with E-state index in [0.29, 0.717) is 0 Å². The van der Waals surface area contributed by atoms with Gasteiger partial charge in [0, 0.05) is 6.20 Å². The first-order valence-electron chi connectivity index (χ1n) is 6.96. The van der Waals surface area contributed by atoms with Crippen molar-refractivity contribution >= 4 is 27.6 Å². The molecule has 0 bridgehead atoms. The van der Waals surface area contributed by atoms with Gasteiger partial charge in [0.05, 0.1) is 17.7 Å². The summed E-state index contributed by atoms with van der Waals surface area (Å²) in [6.07, 6.45) is 1.35. The van der Waals surface area contributed by atoms with Gasteiger partial charge in [0.2, 0.25) is 0 Å². The number of carbonyl (C=O) groups excluding carboxylic acids is 2. The van der Waals surface area contributed by atoms with E-state index in [1.54, 1.807) is 13.0 Å². The molecule has 0 fully saturated rings. The zero-order valence-electron chi connectivity index (χ0n) is 12.2. The average molecular weight is 333 g/mol. The molecule has 1 aromatic carbocycles. The van der Waals surface area contributed by atoms with Crippen LogP contribution >= 0.6 is 0 Å². The van der Waals surface area contributed by atoms with Crippen LogP contribution in [0, 0.1) is 0 Å². The van der Waals surface area contributed by atoms with Gasteiger partial charge in [-0.05, 0) is 30.7 Å². The molecule has 8 heteroatoms. The van der Waals surface area contributed by atoms with E-state index in [1.807, 2.05) is 0 Å². The van der Waals surface area contributed by atoms with Crippen molar-refractivity contribution in [3.8, 4) is 0 Å². The molecule has 120 valence electrons. The van der Waals surface area contributed by atoms with Crippen LogP contribution in [0.1, 0.15) is 23.8 Å². The van der Waals surface area contributed by atoms with E-state index < -0.39 is 27.9 Å². The number of anilines is 1. The van der Waals surface area contributed by atoms with Crippen LogP contribution in [-0.2, 0) is 14.8 Å². The summed E-state index contributed by atoms with van der Waals surface area (Å²) in [7, 11) is -3.99. The smallest absolute Gasteiger partial charge is 0.276 e. The molecule has 1 aromatic heterocycles. The monoisotopic (exact) mass is 333 g/mol. The number of aromatic nitrogens is 1. The lowest BCUT2D eigenvalue weighted by molar-refractivity contribution is -0.307. The molecule has 0 radical (unpaired) electrons. The van der Waals surface area contributed by atoms with Gasteiger partial charge in [0.15, 0.2) is 0 Å². The normalized spacial score (nSPS) is 17.1. The minimum atomic E-state index is -3.99. The Morgan fingerprint density at radius 2 is 1.91 bits per heavy atom. The Kier molecular flexibility index (Phi) is 3.48. The molecule has 3 rings (SSSR count). The zero-order valence-corrected chi connectivity index (χ0v) is 13.0. The van der Waals surface area contributed by atoms with Gasteiger partial charge in [-0.15, -0.1) is 0 Å². The predicted octanol–water partition coefficient (Wildman–Crippen LogP) is 0.214. The molecule has 0 spiro atoms. The van der Waals surface area contributed by atoms with Gasteiger partial charge in [0.1, 0.15) is 10.6 Å². The molecule has 1 aliphatic rings. The summed E-state index contributed by atoms with van der Waals surface area (Å²) in [5, 5.41) is 11.4. The van der Waals surface area contributed by atoms with Gasteiger partial charge in [-0.2, -0.15) is 0 Å². The number of hydrogen-bond acceptors (Lipinski definition) is 5. The second-order valence-electron chi connectivity index (χ2n) is 5.08. The molecule has 7 nitrogen and oxygen atoms in total. The van der Waals surface area contributed by atoms with Crippen LogP contribution in [0.15, 0.2) is 47.5 Å². The first-order chi connectivity index (χ1) is 10.9. The van der Waals surface area contributed by atoms with E-state index in [9.17, 15) is 23.1 Å². The molecule has 23 heavy (non-hydrogen) atoms. The molecule has 0 saturated heterocycles. The SMILES string of the molecule is CCC(C(=O)[O-])N1C(=O)c2cccn2S(=O)(=O)c2ccccc21. The van der Waals surface area contributed by atoms with Gasteiger partial charge in [-0.3, -0.25) is 9.69 Å². The number of carbonyl (C=O) groups is 2. The Hall–Kier alpha value is -2.61. The molecular formula is C15H13N2O5S-. The predicted molar refractivity (Wildman–Crippen MR) is 79.4 cm³/mol. The second kappa shape index (κ2) is 5.24. The highest BCUT2D eigenvalue weighted by Crippen LogP contribution is 2.34. The maximum Gasteiger partial charge on any atom is 0.276 e. The fourth-order valence-electron chi connectivity index (χ4n) is 2.72. The molecule has 0 N–H and O–H groups in total. The van der Waals surface area contributed by atoms with Gasteiger partial charge < -0.3 is 9.90 Å². The van der Waals surface area contributed by atoms with Crippen molar-refractivity contribution in [3.63, 3.8) is 0 Å². The van der Waals surface area contributed by atoms with Crippen molar-refractivity contribution in [1.82, 2.24) is 3.97 Å². The first kappa shape index (κ1) is 15.3. The van der Waals surface area contributed by atoms with Crippen molar-refractivity contribution in [2.75, 3.05) is 4.90 Å². The lowest BCUT2D eigenvalue weighted by Crippen LogP contribution is -2.50. The van der Waals surface area contributed by atoms with Gasteiger partial charge in [-0.1, -0.05) is 19.1 Å². The third-order valence-corrected chi connectivity index (χ3v) is 5.52. The van der Waals surface area contributed by atoms with Gasteiger partial charge in [-0.25, -0.2) is 12.4 Å². The van der Waals surface area contributed by atoms with Crippen LogP contribution in [0.4, 0.5) is 5.69 Å². The Balaban J connectivity index is 2.38. The minimum Gasteiger partial charge on any atom is -0.548 e. The standard InChI is InChI=1S/C15H14N2O5S/c1-2-10(15(19)20)17-11-6-3-4-8-13(11)23(21,22)16-9-5-7-12(16)14(17)18/h3-10H,2H2,1H3,(H,19,20)/p-1. The number of nitrogens with zero attached hydrogens (tertiary/aromatic N) is 2. The molecule has 0 aliphatic carbocycles. The molecule has 2 heterocycles. The summed E-state index contributed by atoms with van der Waals surface area (Å²) < 4.78 is 26.4. The number of amides is 1. The molecule has 1 amide bonds. The van der Waals surface area contributed by atoms with E-state index >= 15 is 0 Å². The second-order valence-corrected chi connectivity index (χ2v) is 6.86. The van der Waals surface area contributed by atoms with E-state index in [-0.39, 0.29) is 22.7 Å². The average Bonchev–Trinajstić information content (AvgIpc) is 2.99. The summed E-state index contributed by atoms with van der Waals surface area (Å²) in [5.41, 5.74) is -0.0712. The molecular weight excluding hydrogens is 320 g/mol. The van der Waals surface area contributed by atoms with Crippen molar-refractivity contribution < 1.29 is 23.1 Å². The van der Waals surface area contributed by atoms with Crippen LogP contribution in [0.5, 0.6) is 0 Å². The summed E-state index contributed by atoms with van der Waals surface area (Å²) >= 11 is 0. The summed E-state index contributed by atoms with van der Waals surface area (Å²) in [4.78, 5) is 25.1. The largest absolute Gasteiger partial charge is 0.548 e. The topological polar surface area (TPSA) is 99.5 Å². The molecule has 0 saturated carbocycles. The Morgan fingerprint density at radius 1 is 1.22 bits per heavy atom. The van der Waals surface area contributed by atoms with Crippen molar-refractivity contribution in [2.24, 2.45) is 0 Å². The van der Waals surface area contributed by atoms with Crippen LogP contribution in [-0.4, -0.2) is 30.3 Å². The van der Waals surface area contributed by atoms with Crippen molar-refractivity contribution in [1.29, 1.82) is 0 Å². The summed E-state index contributed by atoms with van der Waals surface area (Å²) in [5.74, 6) is -2.13. The van der Waals surface area contributed by atoms with Crippen LogP contribution < -0.4 is 10.0 Å². The lowest BCUT2D eigenvalue weighted by atomic mass is 10.1. The first-order valence-corrected chi connectivity index (χ1v) is 8.40. The fourth-order valence-corrected chi connectivity index (χ4v) is 4.24. The Labute approximate surface area is 132 Å². The number of hydrogen-bond donors (Lipinski definition) is 0. The molecule has 1 aliphatic heterocycles. The third-order valence-electron chi connectivity index (χ3n) is 3.78. The molecule has 1 unspecified atom stereocenters. The van der Waals surface area contributed by atoms with E-state index in [0.717, 1.165) is 8.87 Å². The number of carboxylic acids is 1. The highest BCUT2D eigenvalue weighted by molar-refractivity contribution is 7.90. The van der Waals surface area contributed by atoms with E-state index in [1.165, 1.54) is 36.5 Å². The number of carboxylic acid groups (broad SMARTS) is 1.